The first-order valence-corrected chi connectivity index (χ1v) is 7.02. The summed E-state index contributed by atoms with van der Waals surface area (Å²) in [5, 5.41) is 0. The van der Waals surface area contributed by atoms with Crippen LogP contribution in [0.4, 0.5) is 0 Å². The van der Waals surface area contributed by atoms with E-state index in [4.69, 9.17) is 0 Å². The Morgan fingerprint density at radius 3 is 2.73 bits per heavy atom. The molecule has 0 amide bonds. The third-order valence-electron chi connectivity index (χ3n) is 3.20. The van der Waals surface area contributed by atoms with Crippen LogP contribution in [0.2, 0.25) is 0 Å². The van der Waals surface area contributed by atoms with E-state index < -0.39 is 0 Å². The van der Waals surface area contributed by atoms with Gasteiger partial charge in [0.15, 0.2) is 0 Å². The predicted molar refractivity (Wildman–Crippen MR) is 71.9 cm³/mol. The maximum absolute atomic E-state index is 2.30. The van der Waals surface area contributed by atoms with Crippen molar-refractivity contribution in [2.45, 2.75) is 37.0 Å². The van der Waals surface area contributed by atoms with Crippen LogP contribution in [0.5, 0.6) is 0 Å². The van der Waals surface area contributed by atoms with Crippen LogP contribution in [0.3, 0.4) is 0 Å². The fourth-order valence-corrected chi connectivity index (χ4v) is 3.48. The molecule has 0 atom stereocenters. The van der Waals surface area contributed by atoms with Gasteiger partial charge in [0.05, 0.1) is 0 Å². The zero-order valence-electron chi connectivity index (χ0n) is 9.54. The molecule has 1 fully saturated rings. The number of benzene rings is 1. The van der Waals surface area contributed by atoms with Gasteiger partial charge in [-0.05, 0) is 24.8 Å². The Balaban J connectivity index is 1.81. The van der Waals surface area contributed by atoms with Crippen LogP contribution in [0.25, 0.3) is 0 Å². The average molecular weight is 218 g/mol. The molecule has 15 heavy (non-hydrogen) atoms. The lowest BCUT2D eigenvalue weighted by atomic mass is 9.91. The van der Waals surface area contributed by atoms with Gasteiger partial charge in [-0.3, -0.25) is 0 Å². The van der Waals surface area contributed by atoms with E-state index in [2.05, 4.69) is 32.1 Å². The molecule has 80 valence electrons. The smallest absolute Gasteiger partial charge is 0.126 e. The summed E-state index contributed by atoms with van der Waals surface area (Å²) in [4.78, 5) is 1.44. The van der Waals surface area contributed by atoms with E-state index in [0.29, 0.717) is 0 Å². The first-order valence-electron chi connectivity index (χ1n) is 6.04. The van der Waals surface area contributed by atoms with Gasteiger partial charge >= 0.3 is 0 Å². The van der Waals surface area contributed by atoms with Crippen molar-refractivity contribution < 1.29 is 0 Å². The molecule has 0 radical (unpaired) electrons. The summed E-state index contributed by atoms with van der Waals surface area (Å²) >= 11 is 2.04. The van der Waals surface area contributed by atoms with E-state index in [-0.39, 0.29) is 0 Å². The van der Waals surface area contributed by atoms with Gasteiger partial charge < -0.3 is 0 Å². The van der Waals surface area contributed by atoms with Crippen LogP contribution < -0.4 is 5.46 Å². The summed E-state index contributed by atoms with van der Waals surface area (Å²) < 4.78 is 0. The van der Waals surface area contributed by atoms with Crippen molar-refractivity contribution in [3.63, 3.8) is 0 Å². The second-order valence-electron chi connectivity index (χ2n) is 4.63. The Hall–Kier alpha value is -0.365. The van der Waals surface area contributed by atoms with Gasteiger partial charge in [-0.15, -0.1) is 11.8 Å². The Kier molecular flexibility index (Phi) is 4.19. The zero-order valence-corrected chi connectivity index (χ0v) is 10.4. The third-order valence-corrected chi connectivity index (χ3v) is 4.43. The van der Waals surface area contributed by atoms with Gasteiger partial charge in [0, 0.05) is 10.6 Å². The van der Waals surface area contributed by atoms with Gasteiger partial charge in [0.25, 0.3) is 0 Å². The first kappa shape index (κ1) is 11.1. The fraction of sp³-hybridized carbons (Fsp3) is 0.538. The lowest BCUT2D eigenvalue weighted by Gasteiger charge is -2.20. The zero-order chi connectivity index (χ0) is 10.5. The Morgan fingerprint density at radius 1 is 1.20 bits per heavy atom. The molecular formula is C13H19BS. The van der Waals surface area contributed by atoms with E-state index >= 15 is 0 Å². The molecule has 2 heteroatoms. The number of thioether (sulfide) groups is 1. The van der Waals surface area contributed by atoms with Crippen LogP contribution in [-0.4, -0.2) is 13.6 Å². The van der Waals surface area contributed by atoms with E-state index in [1.165, 1.54) is 48.2 Å². The molecular weight excluding hydrogens is 199 g/mol. The van der Waals surface area contributed by atoms with Crippen LogP contribution in [0, 0.1) is 5.92 Å². The minimum absolute atomic E-state index is 0.976. The summed E-state index contributed by atoms with van der Waals surface area (Å²) in [5.41, 5.74) is 1.38. The van der Waals surface area contributed by atoms with Crippen LogP contribution in [0.15, 0.2) is 29.2 Å². The molecule has 1 aliphatic carbocycles. The molecule has 0 heterocycles. The van der Waals surface area contributed by atoms with E-state index in [1.54, 1.807) is 0 Å². The normalized spacial score (nSPS) is 17.9. The van der Waals surface area contributed by atoms with Crippen molar-refractivity contribution in [2.24, 2.45) is 5.92 Å². The number of hydrogen-bond donors (Lipinski definition) is 0. The molecule has 0 bridgehead atoms. The highest BCUT2D eigenvalue weighted by atomic mass is 32.2. The highest BCUT2D eigenvalue weighted by Crippen LogP contribution is 2.29. The number of hydrogen-bond acceptors (Lipinski definition) is 1. The highest BCUT2D eigenvalue weighted by Gasteiger charge is 2.13. The molecule has 1 saturated carbocycles. The van der Waals surface area contributed by atoms with E-state index in [9.17, 15) is 0 Å². The predicted octanol–water partition coefficient (Wildman–Crippen LogP) is 2.62. The molecule has 0 aliphatic heterocycles. The maximum Gasteiger partial charge on any atom is 0.139 e. The van der Waals surface area contributed by atoms with Crippen LogP contribution in [-0.2, 0) is 0 Å². The van der Waals surface area contributed by atoms with E-state index in [0.717, 1.165) is 5.92 Å². The van der Waals surface area contributed by atoms with Gasteiger partial charge in [0.2, 0.25) is 0 Å². The minimum Gasteiger partial charge on any atom is -0.126 e. The van der Waals surface area contributed by atoms with Crippen molar-refractivity contribution in [1.29, 1.82) is 0 Å². The first-order chi connectivity index (χ1) is 7.34. The second kappa shape index (κ2) is 5.65. The summed E-state index contributed by atoms with van der Waals surface area (Å²) in [6, 6.07) is 8.87. The van der Waals surface area contributed by atoms with Gasteiger partial charge in [0.1, 0.15) is 7.85 Å². The monoisotopic (exact) mass is 218 g/mol. The molecule has 1 aliphatic rings. The summed E-state index contributed by atoms with van der Waals surface area (Å²) in [5.74, 6) is 2.30. The van der Waals surface area contributed by atoms with Crippen molar-refractivity contribution in [3.8, 4) is 0 Å². The van der Waals surface area contributed by atoms with Crippen LogP contribution >= 0.6 is 11.8 Å². The average Bonchev–Trinajstić information content (AvgIpc) is 2.28. The Labute approximate surface area is 98.3 Å². The Morgan fingerprint density at radius 2 is 2.00 bits per heavy atom. The standard InChI is InChI=1S/C13H19BS/c14-12-7-4-8-13(9-12)15-10-11-5-2-1-3-6-11/h4,7-9,11H,1-3,5-6,10,14H2. The molecule has 0 spiro atoms. The fourth-order valence-electron chi connectivity index (χ4n) is 2.27. The molecule has 1 aromatic rings. The Bertz CT molecular complexity index is 305. The van der Waals surface area contributed by atoms with Crippen LogP contribution in [0.1, 0.15) is 32.1 Å². The van der Waals surface area contributed by atoms with Crippen molar-refractivity contribution >= 4 is 25.1 Å². The quantitative estimate of drug-likeness (QED) is 0.555. The molecule has 0 aromatic heterocycles. The summed E-state index contributed by atoms with van der Waals surface area (Å²) in [6.07, 6.45) is 7.29. The third kappa shape index (κ3) is 3.60. The SMILES string of the molecule is Bc1cccc(SCC2CCCCC2)c1. The summed E-state index contributed by atoms with van der Waals surface area (Å²) in [6.45, 7) is 0. The van der Waals surface area contributed by atoms with Gasteiger partial charge in [-0.2, -0.15) is 0 Å². The highest BCUT2D eigenvalue weighted by molar-refractivity contribution is 7.99. The lowest BCUT2D eigenvalue weighted by Crippen LogP contribution is -2.08. The van der Waals surface area contributed by atoms with Crippen molar-refractivity contribution in [2.75, 3.05) is 5.75 Å². The molecule has 0 nitrogen and oxygen atoms in total. The molecule has 1 aromatic carbocycles. The topological polar surface area (TPSA) is 0 Å². The van der Waals surface area contributed by atoms with Gasteiger partial charge in [-0.25, -0.2) is 0 Å². The molecule has 0 saturated heterocycles. The lowest BCUT2D eigenvalue weighted by molar-refractivity contribution is 0.391. The number of rotatable bonds is 3. The maximum atomic E-state index is 2.30. The molecule has 0 N–H and O–H groups in total. The second-order valence-corrected chi connectivity index (χ2v) is 5.72. The van der Waals surface area contributed by atoms with Gasteiger partial charge in [-0.1, -0.05) is 42.9 Å². The summed E-state index contributed by atoms with van der Waals surface area (Å²) in [7, 11) is 2.17. The minimum atomic E-state index is 0.976. The largest absolute Gasteiger partial charge is 0.139 e. The van der Waals surface area contributed by atoms with Crippen molar-refractivity contribution in [1.82, 2.24) is 0 Å². The molecule has 0 unspecified atom stereocenters. The van der Waals surface area contributed by atoms with E-state index in [1.807, 2.05) is 11.8 Å². The van der Waals surface area contributed by atoms with Crippen molar-refractivity contribution in [3.05, 3.63) is 24.3 Å². The molecule has 2 rings (SSSR count).